The van der Waals surface area contributed by atoms with Crippen molar-refractivity contribution >= 4 is 5.96 Å². The number of rotatable bonds is 5. The van der Waals surface area contributed by atoms with Crippen LogP contribution in [0.15, 0.2) is 4.99 Å². The first-order valence-electron chi connectivity index (χ1n) is 5.37. The molecule has 1 atom stereocenters. The van der Waals surface area contributed by atoms with Crippen LogP contribution in [0.3, 0.4) is 0 Å². The average Bonchev–Trinajstić information content (AvgIpc) is 2.57. The highest BCUT2D eigenvalue weighted by molar-refractivity contribution is 5.81. The summed E-state index contributed by atoms with van der Waals surface area (Å²) < 4.78 is 0. The van der Waals surface area contributed by atoms with Crippen LogP contribution in [0.4, 0.5) is 0 Å². The van der Waals surface area contributed by atoms with Gasteiger partial charge in [0.25, 0.3) is 0 Å². The minimum atomic E-state index is 0.552. The maximum Gasteiger partial charge on any atom is 0.191 e. The molecule has 3 heteroatoms. The average molecular weight is 183 g/mol. The molecule has 0 aromatic carbocycles. The molecule has 0 fully saturated rings. The van der Waals surface area contributed by atoms with Crippen LogP contribution in [0.25, 0.3) is 0 Å². The first-order valence-corrected chi connectivity index (χ1v) is 5.37. The van der Waals surface area contributed by atoms with E-state index in [1.165, 1.54) is 25.7 Å². The van der Waals surface area contributed by atoms with Gasteiger partial charge in [-0.05, 0) is 13.3 Å². The van der Waals surface area contributed by atoms with Crippen molar-refractivity contribution in [2.45, 2.75) is 45.6 Å². The quantitative estimate of drug-likeness (QED) is 0.634. The Hall–Kier alpha value is -0.730. The number of nitrogens with one attached hydrogen (secondary N) is 2. The summed E-state index contributed by atoms with van der Waals surface area (Å²) in [5, 5.41) is 6.59. The predicted octanol–water partition coefficient (Wildman–Crippen LogP) is 1.50. The van der Waals surface area contributed by atoms with Gasteiger partial charge in [0.2, 0.25) is 0 Å². The smallest absolute Gasteiger partial charge is 0.191 e. The molecule has 0 saturated heterocycles. The Labute approximate surface area is 81.0 Å². The number of guanidine groups is 1. The predicted molar refractivity (Wildman–Crippen MR) is 57.0 cm³/mol. The second-order valence-electron chi connectivity index (χ2n) is 3.70. The summed E-state index contributed by atoms with van der Waals surface area (Å²) in [5.41, 5.74) is 0. The molecular weight excluding hydrogens is 162 g/mol. The molecule has 1 unspecified atom stereocenters. The van der Waals surface area contributed by atoms with Crippen LogP contribution in [-0.2, 0) is 0 Å². The molecule has 0 aromatic rings. The molecule has 0 aliphatic carbocycles. The van der Waals surface area contributed by atoms with Crippen molar-refractivity contribution in [2.24, 2.45) is 4.99 Å². The standard InChI is InChI=1S/C10H21N3/c1-3-4-5-6-9(2)13-10-11-7-8-12-10/h9H,3-8H2,1-2H3,(H2,11,12,13). The highest BCUT2D eigenvalue weighted by atomic mass is 15.2. The van der Waals surface area contributed by atoms with E-state index in [1.54, 1.807) is 0 Å². The Morgan fingerprint density at radius 3 is 3.00 bits per heavy atom. The Kier molecular flexibility index (Phi) is 4.65. The topological polar surface area (TPSA) is 36.4 Å². The zero-order chi connectivity index (χ0) is 9.52. The fourth-order valence-electron chi connectivity index (χ4n) is 1.50. The molecule has 0 bridgehead atoms. The lowest BCUT2D eigenvalue weighted by atomic mass is 10.1. The zero-order valence-electron chi connectivity index (χ0n) is 8.77. The molecule has 1 heterocycles. The fraction of sp³-hybridized carbons (Fsp3) is 0.900. The van der Waals surface area contributed by atoms with Crippen molar-refractivity contribution in [3.63, 3.8) is 0 Å². The third-order valence-electron chi connectivity index (χ3n) is 2.30. The van der Waals surface area contributed by atoms with Gasteiger partial charge in [0.15, 0.2) is 5.96 Å². The molecule has 0 radical (unpaired) electrons. The van der Waals surface area contributed by atoms with Gasteiger partial charge < -0.3 is 10.6 Å². The molecule has 0 amide bonds. The maximum absolute atomic E-state index is 4.30. The number of nitrogens with zero attached hydrogens (tertiary/aromatic N) is 1. The molecule has 1 rings (SSSR count). The lowest BCUT2D eigenvalue weighted by molar-refractivity contribution is 0.550. The molecule has 1 aliphatic heterocycles. The van der Waals surface area contributed by atoms with Crippen molar-refractivity contribution < 1.29 is 0 Å². The van der Waals surface area contributed by atoms with Crippen LogP contribution < -0.4 is 10.6 Å². The van der Waals surface area contributed by atoms with E-state index in [0.29, 0.717) is 6.04 Å². The molecular formula is C10H21N3. The first-order chi connectivity index (χ1) is 6.33. The third kappa shape index (κ3) is 4.15. The maximum atomic E-state index is 4.30. The Morgan fingerprint density at radius 1 is 1.54 bits per heavy atom. The molecule has 2 N–H and O–H groups in total. The van der Waals surface area contributed by atoms with Crippen molar-refractivity contribution in [3.05, 3.63) is 0 Å². The van der Waals surface area contributed by atoms with Crippen molar-refractivity contribution in [3.8, 4) is 0 Å². The van der Waals surface area contributed by atoms with Crippen molar-refractivity contribution in [1.82, 2.24) is 10.6 Å². The van der Waals surface area contributed by atoms with E-state index in [2.05, 4.69) is 29.5 Å². The van der Waals surface area contributed by atoms with E-state index in [1.807, 2.05) is 0 Å². The normalized spacial score (nSPS) is 17.8. The van der Waals surface area contributed by atoms with Crippen LogP contribution in [0.5, 0.6) is 0 Å². The second-order valence-corrected chi connectivity index (χ2v) is 3.70. The van der Waals surface area contributed by atoms with Gasteiger partial charge in [0.1, 0.15) is 0 Å². The monoisotopic (exact) mass is 183 g/mol. The van der Waals surface area contributed by atoms with Crippen molar-refractivity contribution in [2.75, 3.05) is 13.1 Å². The van der Waals surface area contributed by atoms with Gasteiger partial charge in [0, 0.05) is 12.6 Å². The molecule has 76 valence electrons. The largest absolute Gasteiger partial charge is 0.355 e. The summed E-state index contributed by atoms with van der Waals surface area (Å²) in [7, 11) is 0. The summed E-state index contributed by atoms with van der Waals surface area (Å²) in [6.45, 7) is 6.37. The van der Waals surface area contributed by atoms with E-state index in [0.717, 1.165) is 19.0 Å². The molecule has 3 nitrogen and oxygen atoms in total. The number of unbranched alkanes of at least 4 members (excludes halogenated alkanes) is 2. The molecule has 0 aromatic heterocycles. The number of hydrogen-bond acceptors (Lipinski definition) is 3. The summed E-state index contributed by atoms with van der Waals surface area (Å²) >= 11 is 0. The zero-order valence-corrected chi connectivity index (χ0v) is 8.77. The summed E-state index contributed by atoms with van der Waals surface area (Å²) in [6.07, 6.45) is 5.20. The van der Waals surface area contributed by atoms with E-state index in [9.17, 15) is 0 Å². The van der Waals surface area contributed by atoms with Gasteiger partial charge in [-0.2, -0.15) is 0 Å². The van der Waals surface area contributed by atoms with E-state index in [4.69, 9.17) is 0 Å². The molecule has 0 saturated carbocycles. The van der Waals surface area contributed by atoms with Gasteiger partial charge in [0.05, 0.1) is 6.54 Å². The van der Waals surface area contributed by atoms with Gasteiger partial charge >= 0.3 is 0 Å². The number of aliphatic imine (C=N–C) groups is 1. The summed E-state index contributed by atoms with van der Waals surface area (Å²) in [5.74, 6) is 0.990. The van der Waals surface area contributed by atoms with Gasteiger partial charge in [-0.15, -0.1) is 0 Å². The van der Waals surface area contributed by atoms with Gasteiger partial charge in [-0.3, -0.25) is 4.99 Å². The minimum absolute atomic E-state index is 0.552. The van der Waals surface area contributed by atoms with E-state index >= 15 is 0 Å². The fourth-order valence-corrected chi connectivity index (χ4v) is 1.50. The lowest BCUT2D eigenvalue weighted by Crippen LogP contribution is -2.39. The van der Waals surface area contributed by atoms with E-state index < -0.39 is 0 Å². The lowest BCUT2D eigenvalue weighted by Gasteiger charge is -2.14. The Bertz CT molecular complexity index is 166. The SMILES string of the molecule is CCCCCC(C)NC1=NCCN1. The third-order valence-corrected chi connectivity index (χ3v) is 2.30. The van der Waals surface area contributed by atoms with Crippen LogP contribution in [0.1, 0.15) is 39.5 Å². The summed E-state index contributed by atoms with van der Waals surface area (Å²) in [4.78, 5) is 4.30. The molecule has 13 heavy (non-hydrogen) atoms. The van der Waals surface area contributed by atoms with Crippen molar-refractivity contribution in [1.29, 1.82) is 0 Å². The second kappa shape index (κ2) is 5.84. The molecule has 1 aliphatic rings. The Morgan fingerprint density at radius 2 is 2.38 bits per heavy atom. The van der Waals surface area contributed by atoms with E-state index in [-0.39, 0.29) is 0 Å². The van der Waals surface area contributed by atoms with Crippen LogP contribution in [-0.4, -0.2) is 25.1 Å². The Balaban J connectivity index is 2.06. The minimum Gasteiger partial charge on any atom is -0.355 e. The van der Waals surface area contributed by atoms with Gasteiger partial charge in [-0.25, -0.2) is 0 Å². The summed E-state index contributed by atoms with van der Waals surface area (Å²) in [6, 6.07) is 0.552. The highest BCUT2D eigenvalue weighted by Crippen LogP contribution is 2.02. The number of hydrogen-bond donors (Lipinski definition) is 2. The molecule has 0 spiro atoms. The van der Waals surface area contributed by atoms with Crippen LogP contribution in [0, 0.1) is 0 Å². The van der Waals surface area contributed by atoms with Crippen LogP contribution in [0.2, 0.25) is 0 Å². The van der Waals surface area contributed by atoms with Crippen LogP contribution >= 0.6 is 0 Å². The first kappa shape index (κ1) is 10.4. The van der Waals surface area contributed by atoms with Gasteiger partial charge in [-0.1, -0.05) is 26.2 Å². The highest BCUT2D eigenvalue weighted by Gasteiger charge is 2.07.